The van der Waals surface area contributed by atoms with Gasteiger partial charge in [0, 0.05) is 19.6 Å². The molecule has 1 aliphatic heterocycles. The van der Waals surface area contributed by atoms with Crippen molar-refractivity contribution in [1.29, 1.82) is 0 Å². The summed E-state index contributed by atoms with van der Waals surface area (Å²) in [6.07, 6.45) is -0.365. The second-order valence-electron chi connectivity index (χ2n) is 18.0. The van der Waals surface area contributed by atoms with Gasteiger partial charge in [-0.05, 0) is 102 Å². The van der Waals surface area contributed by atoms with Crippen LogP contribution in [0.2, 0.25) is 0 Å². The van der Waals surface area contributed by atoms with E-state index in [4.69, 9.17) is 27.7 Å². The van der Waals surface area contributed by atoms with Gasteiger partial charge in [-0.2, -0.15) is 0 Å². The van der Waals surface area contributed by atoms with Gasteiger partial charge < -0.3 is 69.2 Å². The fourth-order valence-electron chi connectivity index (χ4n) is 7.10. The number of carbonyl (C=O) groups excluding carboxylic acids is 5. The Kier molecular flexibility index (Phi) is 23.4. The average molecular weight is 934 g/mol. The molecule has 5 amide bonds. The predicted molar refractivity (Wildman–Crippen MR) is 248 cm³/mol. The molecule has 1 aromatic carbocycles. The second-order valence-corrected chi connectivity index (χ2v) is 18.0. The Balaban J connectivity index is 2.41. The summed E-state index contributed by atoms with van der Waals surface area (Å²) in [7, 11) is 0. The summed E-state index contributed by atoms with van der Waals surface area (Å²) in [6.45, 7) is 12.7. The van der Waals surface area contributed by atoms with Crippen molar-refractivity contribution < 1.29 is 48.8 Å². The number of hydrogen-bond acceptors (Lipinski definition) is 13. The fraction of sp³-hybridized carbons (Fsp3) is 0.674. The van der Waals surface area contributed by atoms with Crippen LogP contribution in [0.15, 0.2) is 34.3 Å². The van der Waals surface area contributed by atoms with Crippen molar-refractivity contribution in [3.05, 3.63) is 29.8 Å². The standard InChI is InChI=1S/C43H75N13O10/c1-8-25(4)33(37(61)52-31(39(63)64)22-24(2)3)54-55-35(59)30(23-26-15-17-27(57)18-16-26)51-36(60)32-14-11-21-56(32)38(62)29(13-10-20-49-41(46)47)50-34(58)28(12-9-19-48-40(44)45)53-42(65)66-43(5,6)7/h15-18,24-25,28-33,35,54-55,57,59H,8-14,19-23H2,1-7H3,(H,50,58)(H,51,60)(H,52,61)(H,53,65)(H,63,64)(H4,44,45,48)(H4,46,47,49)/t25-,28-,29-,30-,31-,32-,33-,35?/m0/s1. The number of phenols is 1. The molecule has 1 aliphatic rings. The number of aliphatic hydroxyl groups excluding tert-OH is 1. The molecule has 17 N–H and O–H groups in total. The number of benzene rings is 1. The number of rotatable bonds is 27. The van der Waals surface area contributed by atoms with Crippen LogP contribution in [0.1, 0.15) is 105 Å². The lowest BCUT2D eigenvalue weighted by Crippen LogP contribution is -2.63. The number of hydrogen-bond donors (Lipinski definition) is 13. The van der Waals surface area contributed by atoms with Gasteiger partial charge in [-0.15, -0.1) is 0 Å². The predicted octanol–water partition coefficient (Wildman–Crippen LogP) is -0.661. The molecule has 0 saturated carbocycles. The quantitative estimate of drug-likeness (QED) is 0.0171. The van der Waals surface area contributed by atoms with E-state index < -0.39 is 83.8 Å². The second kappa shape index (κ2) is 27.5. The number of carboxylic acids is 1. The number of nitrogens with zero attached hydrogens (tertiary/aromatic N) is 3. The number of aliphatic imine (C=N–C) groups is 2. The Hall–Kier alpha value is -5.94. The first-order valence-corrected chi connectivity index (χ1v) is 22.4. The van der Waals surface area contributed by atoms with E-state index in [9.17, 15) is 44.1 Å². The van der Waals surface area contributed by atoms with Crippen LogP contribution in [-0.4, -0.2) is 136 Å². The summed E-state index contributed by atoms with van der Waals surface area (Å²) < 4.78 is 5.39. The molecule has 1 aromatic rings. The number of guanidine groups is 2. The van der Waals surface area contributed by atoms with Crippen molar-refractivity contribution in [1.82, 2.24) is 37.0 Å². The first kappa shape index (κ1) is 56.2. The lowest BCUT2D eigenvalue weighted by molar-refractivity contribution is -0.143. The zero-order valence-electron chi connectivity index (χ0n) is 39.3. The van der Waals surface area contributed by atoms with Crippen LogP contribution >= 0.6 is 0 Å². The molecule has 0 spiro atoms. The number of nitrogens with two attached hydrogens (primary N) is 4. The third-order valence-corrected chi connectivity index (χ3v) is 10.7. The maximum atomic E-state index is 14.5. The van der Waals surface area contributed by atoms with Crippen molar-refractivity contribution in [2.45, 2.75) is 154 Å². The SMILES string of the molecule is CC[C@H](C)[C@H](NNC(O)[C@H](Cc1ccc(O)cc1)NC(=O)[C@@H]1CCCN1C(=O)[C@H](CCCN=C(N)N)NC(=O)[C@H](CCCN=C(N)N)NC(=O)OC(C)(C)C)C(=O)N[C@@H](CC(C)C)C(=O)O. The Labute approximate surface area is 387 Å². The van der Waals surface area contributed by atoms with Crippen LogP contribution in [0.4, 0.5) is 4.79 Å². The van der Waals surface area contributed by atoms with E-state index in [1.807, 2.05) is 20.8 Å². The number of ether oxygens (including phenoxy) is 1. The van der Waals surface area contributed by atoms with Gasteiger partial charge in [0.15, 0.2) is 11.9 Å². The van der Waals surface area contributed by atoms with E-state index in [1.54, 1.807) is 39.8 Å². The average Bonchev–Trinajstić information content (AvgIpc) is 3.72. The summed E-state index contributed by atoms with van der Waals surface area (Å²) in [5.74, 6) is -4.35. The van der Waals surface area contributed by atoms with Crippen LogP contribution in [0.5, 0.6) is 5.75 Å². The number of aliphatic carboxylic acids is 1. The van der Waals surface area contributed by atoms with E-state index >= 15 is 0 Å². The van der Waals surface area contributed by atoms with Crippen LogP contribution in [-0.2, 0) is 35.1 Å². The summed E-state index contributed by atoms with van der Waals surface area (Å²) in [5.41, 5.74) is 27.3. The van der Waals surface area contributed by atoms with Gasteiger partial charge in [-0.3, -0.25) is 29.2 Å². The Morgan fingerprint density at radius 2 is 1.41 bits per heavy atom. The molecule has 372 valence electrons. The maximum absolute atomic E-state index is 14.5. The lowest BCUT2D eigenvalue weighted by atomic mass is 9.97. The number of nitrogens with one attached hydrogen (secondary N) is 6. The Morgan fingerprint density at radius 3 is 1.94 bits per heavy atom. The smallest absolute Gasteiger partial charge is 0.408 e. The van der Waals surface area contributed by atoms with E-state index in [0.29, 0.717) is 18.4 Å². The largest absolute Gasteiger partial charge is 0.508 e. The van der Waals surface area contributed by atoms with Crippen LogP contribution in [0, 0.1) is 11.8 Å². The van der Waals surface area contributed by atoms with Gasteiger partial charge >= 0.3 is 12.1 Å². The zero-order valence-corrected chi connectivity index (χ0v) is 39.3. The highest BCUT2D eigenvalue weighted by Crippen LogP contribution is 2.22. The minimum Gasteiger partial charge on any atom is -0.508 e. The van der Waals surface area contributed by atoms with Gasteiger partial charge in [0.25, 0.3) is 0 Å². The van der Waals surface area contributed by atoms with Gasteiger partial charge in [0.1, 0.15) is 47.8 Å². The molecule has 1 heterocycles. The molecule has 2 rings (SSSR count). The van der Waals surface area contributed by atoms with Crippen molar-refractivity contribution in [2.75, 3.05) is 19.6 Å². The Bertz CT molecular complexity index is 1800. The number of carboxylic acid groups (broad SMARTS) is 1. The number of alkyl carbamates (subject to hydrolysis) is 1. The van der Waals surface area contributed by atoms with Crippen molar-refractivity contribution in [3.63, 3.8) is 0 Å². The summed E-state index contributed by atoms with van der Waals surface area (Å²) >= 11 is 0. The monoisotopic (exact) mass is 934 g/mol. The molecule has 1 saturated heterocycles. The first-order valence-electron chi connectivity index (χ1n) is 22.4. The van der Waals surface area contributed by atoms with E-state index in [1.165, 1.54) is 17.0 Å². The van der Waals surface area contributed by atoms with E-state index in [0.717, 1.165) is 0 Å². The molecule has 1 unspecified atom stereocenters. The lowest BCUT2D eigenvalue weighted by Gasteiger charge is -2.33. The topological polar surface area (TPSA) is 377 Å². The van der Waals surface area contributed by atoms with Gasteiger partial charge in [-0.1, -0.05) is 46.2 Å². The number of aromatic hydroxyl groups is 1. The molecule has 1 fully saturated rings. The van der Waals surface area contributed by atoms with Crippen molar-refractivity contribution in [3.8, 4) is 5.75 Å². The van der Waals surface area contributed by atoms with Crippen LogP contribution < -0.4 is 55.1 Å². The molecule has 0 bridgehead atoms. The van der Waals surface area contributed by atoms with Crippen molar-refractivity contribution >= 4 is 47.6 Å². The molecule has 0 radical (unpaired) electrons. The molecular formula is C43H75N13O10. The third kappa shape index (κ3) is 20.5. The molecule has 0 aromatic heterocycles. The van der Waals surface area contributed by atoms with Gasteiger partial charge in [0.05, 0.1) is 6.04 Å². The summed E-state index contributed by atoms with van der Waals surface area (Å²) in [6, 6.07) is -0.531. The highest BCUT2D eigenvalue weighted by Gasteiger charge is 2.40. The minimum absolute atomic E-state index is 0.00264. The summed E-state index contributed by atoms with van der Waals surface area (Å²) in [5, 5.41) is 42.1. The number of amides is 5. The third-order valence-electron chi connectivity index (χ3n) is 10.7. The highest BCUT2D eigenvalue weighted by atomic mass is 16.6. The highest BCUT2D eigenvalue weighted by molar-refractivity contribution is 5.94. The molecule has 23 nitrogen and oxygen atoms in total. The van der Waals surface area contributed by atoms with Crippen LogP contribution in [0.25, 0.3) is 0 Å². The molecular weight excluding hydrogens is 859 g/mol. The van der Waals surface area contributed by atoms with E-state index in [2.05, 4.69) is 42.1 Å². The van der Waals surface area contributed by atoms with Crippen LogP contribution in [0.3, 0.4) is 0 Å². The zero-order chi connectivity index (χ0) is 49.7. The number of hydrazine groups is 1. The fourth-order valence-corrected chi connectivity index (χ4v) is 7.10. The van der Waals surface area contributed by atoms with Gasteiger partial charge in [-0.25, -0.2) is 20.4 Å². The normalized spacial score (nSPS) is 16.9. The number of aliphatic hydroxyl groups is 1. The minimum atomic E-state index is -1.55. The number of likely N-dealkylation sites (tertiary alicyclic amines) is 1. The first-order chi connectivity index (χ1) is 30.9. The number of phenolic OH excluding ortho intramolecular Hbond substituents is 1. The maximum Gasteiger partial charge on any atom is 0.408 e. The molecule has 0 aliphatic carbocycles. The van der Waals surface area contributed by atoms with Crippen molar-refractivity contribution in [2.24, 2.45) is 44.8 Å². The summed E-state index contributed by atoms with van der Waals surface area (Å²) in [4.78, 5) is 90.2. The molecule has 8 atom stereocenters. The molecule has 23 heteroatoms. The van der Waals surface area contributed by atoms with E-state index in [-0.39, 0.29) is 94.1 Å². The Morgan fingerprint density at radius 1 is 0.833 bits per heavy atom. The number of carbonyl (C=O) groups is 6. The van der Waals surface area contributed by atoms with Gasteiger partial charge in [0.2, 0.25) is 23.6 Å². The molecule has 66 heavy (non-hydrogen) atoms.